The fraction of sp³-hybridized carbons (Fsp3) is 0.400. The molecule has 0 saturated carbocycles. The van der Waals surface area contributed by atoms with E-state index in [9.17, 15) is 0 Å². The Morgan fingerprint density at radius 2 is 1.84 bits per heavy atom. The van der Waals surface area contributed by atoms with Gasteiger partial charge in [0, 0.05) is 23.2 Å². The lowest BCUT2D eigenvalue weighted by Crippen LogP contribution is -2.29. The van der Waals surface area contributed by atoms with Gasteiger partial charge in [-0.15, -0.1) is 0 Å². The van der Waals surface area contributed by atoms with Gasteiger partial charge in [0.05, 0.1) is 5.69 Å². The minimum atomic E-state index is 0.733. The predicted molar refractivity (Wildman–Crippen MR) is 76.1 cm³/mol. The van der Waals surface area contributed by atoms with Gasteiger partial charge in [-0.2, -0.15) is 0 Å². The molecule has 1 saturated heterocycles. The average molecular weight is 277 g/mol. The third kappa shape index (κ3) is 3.17. The maximum atomic E-state index is 5.88. The van der Waals surface area contributed by atoms with Gasteiger partial charge in [0.2, 0.25) is 0 Å². The number of likely N-dealkylation sites (tertiary alicyclic amines) is 1. The Labute approximate surface area is 118 Å². The molecule has 2 heterocycles. The molecule has 3 rings (SSSR count). The molecule has 0 spiro atoms. The summed E-state index contributed by atoms with van der Waals surface area (Å²) < 4.78 is 5.41. The smallest absolute Gasteiger partial charge is 0.167 e. The molecule has 0 atom stereocenters. The van der Waals surface area contributed by atoms with Crippen molar-refractivity contribution < 1.29 is 4.52 Å². The topological polar surface area (TPSA) is 29.3 Å². The summed E-state index contributed by atoms with van der Waals surface area (Å²) in [5.74, 6) is 0.809. The molecule has 0 bridgehead atoms. The van der Waals surface area contributed by atoms with E-state index in [0.29, 0.717) is 0 Å². The van der Waals surface area contributed by atoms with Crippen LogP contribution in [0.5, 0.6) is 0 Å². The van der Waals surface area contributed by atoms with Gasteiger partial charge in [0.25, 0.3) is 0 Å². The van der Waals surface area contributed by atoms with Crippen molar-refractivity contribution in [2.45, 2.75) is 25.8 Å². The second kappa shape index (κ2) is 5.76. The van der Waals surface area contributed by atoms with Gasteiger partial charge in [-0.05, 0) is 50.2 Å². The zero-order chi connectivity index (χ0) is 13.1. The first kappa shape index (κ1) is 12.7. The molecule has 0 unspecified atom stereocenters. The van der Waals surface area contributed by atoms with E-state index in [1.165, 1.54) is 32.4 Å². The first-order valence-corrected chi connectivity index (χ1v) is 7.13. The van der Waals surface area contributed by atoms with Gasteiger partial charge in [-0.3, -0.25) is 4.90 Å². The molecule has 1 fully saturated rings. The van der Waals surface area contributed by atoms with Crippen LogP contribution in [0.2, 0.25) is 5.02 Å². The third-order valence-electron chi connectivity index (χ3n) is 3.52. The van der Waals surface area contributed by atoms with Crippen molar-refractivity contribution in [2.75, 3.05) is 13.1 Å². The number of piperidine rings is 1. The van der Waals surface area contributed by atoms with Crippen LogP contribution in [0.25, 0.3) is 11.3 Å². The Bertz CT molecular complexity index is 529. The second-order valence-corrected chi connectivity index (χ2v) is 5.46. The first-order valence-electron chi connectivity index (χ1n) is 6.75. The maximum absolute atomic E-state index is 5.88. The second-order valence-electron chi connectivity index (χ2n) is 5.03. The fourth-order valence-corrected chi connectivity index (χ4v) is 2.61. The van der Waals surface area contributed by atoms with Crippen molar-refractivity contribution in [3.8, 4) is 11.3 Å². The Balaban J connectivity index is 1.70. The van der Waals surface area contributed by atoms with Gasteiger partial charge in [-0.1, -0.05) is 23.2 Å². The lowest BCUT2D eigenvalue weighted by Gasteiger charge is -2.25. The Morgan fingerprint density at radius 3 is 2.58 bits per heavy atom. The summed E-state index contributed by atoms with van der Waals surface area (Å²) in [5.41, 5.74) is 2.02. The van der Waals surface area contributed by atoms with E-state index in [4.69, 9.17) is 16.1 Å². The Morgan fingerprint density at radius 1 is 1.11 bits per heavy atom. The van der Waals surface area contributed by atoms with Crippen LogP contribution in [0.1, 0.15) is 25.0 Å². The molecule has 1 aliphatic heterocycles. The zero-order valence-corrected chi connectivity index (χ0v) is 11.6. The first-order chi connectivity index (χ1) is 9.31. The van der Waals surface area contributed by atoms with Gasteiger partial charge in [0.1, 0.15) is 0 Å². The molecule has 0 N–H and O–H groups in total. The molecule has 19 heavy (non-hydrogen) atoms. The number of benzene rings is 1. The third-order valence-corrected chi connectivity index (χ3v) is 3.77. The Hall–Kier alpha value is -1.32. The number of hydrogen-bond acceptors (Lipinski definition) is 3. The highest BCUT2D eigenvalue weighted by molar-refractivity contribution is 6.30. The number of rotatable bonds is 3. The summed E-state index contributed by atoms with van der Waals surface area (Å²) in [6, 6.07) is 9.66. The molecule has 1 aromatic heterocycles. The summed E-state index contributed by atoms with van der Waals surface area (Å²) in [4.78, 5) is 2.44. The molecular formula is C15H17ClN2O. The van der Waals surface area contributed by atoms with Gasteiger partial charge < -0.3 is 4.52 Å². The number of hydrogen-bond donors (Lipinski definition) is 0. The van der Waals surface area contributed by atoms with E-state index in [0.717, 1.165) is 28.6 Å². The van der Waals surface area contributed by atoms with E-state index < -0.39 is 0 Å². The molecule has 2 aromatic rings. The minimum Gasteiger partial charge on any atom is -0.356 e. The van der Waals surface area contributed by atoms with Crippen molar-refractivity contribution in [3.63, 3.8) is 0 Å². The molecule has 1 aliphatic rings. The Kier molecular flexibility index (Phi) is 3.85. The van der Waals surface area contributed by atoms with E-state index in [2.05, 4.69) is 10.1 Å². The van der Waals surface area contributed by atoms with Gasteiger partial charge >= 0.3 is 0 Å². The van der Waals surface area contributed by atoms with Crippen LogP contribution in [0.15, 0.2) is 34.9 Å². The van der Waals surface area contributed by atoms with Crippen molar-refractivity contribution in [1.29, 1.82) is 0 Å². The maximum Gasteiger partial charge on any atom is 0.167 e. The van der Waals surface area contributed by atoms with E-state index in [1.54, 1.807) is 0 Å². The summed E-state index contributed by atoms with van der Waals surface area (Å²) in [5, 5.41) is 4.89. The van der Waals surface area contributed by atoms with E-state index in [1.807, 2.05) is 30.3 Å². The SMILES string of the molecule is Clc1ccc(-c2cc(CN3CCCCC3)no2)cc1. The lowest BCUT2D eigenvalue weighted by molar-refractivity contribution is 0.215. The summed E-state index contributed by atoms with van der Waals surface area (Å²) >= 11 is 5.88. The average Bonchev–Trinajstić information content (AvgIpc) is 2.89. The van der Waals surface area contributed by atoms with Crippen LogP contribution in [0.3, 0.4) is 0 Å². The van der Waals surface area contributed by atoms with Gasteiger partial charge in [-0.25, -0.2) is 0 Å². The van der Waals surface area contributed by atoms with Crippen LogP contribution < -0.4 is 0 Å². The van der Waals surface area contributed by atoms with Crippen molar-refractivity contribution in [3.05, 3.63) is 41.0 Å². The number of halogens is 1. The number of nitrogens with zero attached hydrogens (tertiary/aromatic N) is 2. The summed E-state index contributed by atoms with van der Waals surface area (Å²) in [7, 11) is 0. The van der Waals surface area contributed by atoms with Crippen LogP contribution in [-0.2, 0) is 6.54 Å². The summed E-state index contributed by atoms with van der Waals surface area (Å²) in [6.07, 6.45) is 3.94. The molecule has 0 aliphatic carbocycles. The van der Waals surface area contributed by atoms with Gasteiger partial charge in [0.15, 0.2) is 5.76 Å². The predicted octanol–water partition coefficient (Wildman–Crippen LogP) is 3.98. The highest BCUT2D eigenvalue weighted by Gasteiger charge is 2.13. The fourth-order valence-electron chi connectivity index (χ4n) is 2.48. The molecule has 1 aromatic carbocycles. The normalized spacial score (nSPS) is 16.7. The quantitative estimate of drug-likeness (QED) is 0.849. The summed E-state index contributed by atoms with van der Waals surface area (Å²) in [6.45, 7) is 3.23. The van der Waals surface area contributed by atoms with Crippen molar-refractivity contribution in [1.82, 2.24) is 10.1 Å². The molecule has 100 valence electrons. The molecule has 4 heteroatoms. The number of aromatic nitrogens is 1. The highest BCUT2D eigenvalue weighted by atomic mass is 35.5. The lowest BCUT2D eigenvalue weighted by atomic mass is 10.1. The molecular weight excluding hydrogens is 260 g/mol. The van der Waals surface area contributed by atoms with Crippen LogP contribution in [0, 0.1) is 0 Å². The molecule has 3 nitrogen and oxygen atoms in total. The monoisotopic (exact) mass is 276 g/mol. The standard InChI is InChI=1S/C15H17ClN2O/c16-13-6-4-12(5-7-13)15-10-14(17-19-15)11-18-8-2-1-3-9-18/h4-7,10H,1-3,8-9,11H2. The zero-order valence-electron chi connectivity index (χ0n) is 10.8. The van der Waals surface area contributed by atoms with Crippen molar-refractivity contribution in [2.24, 2.45) is 0 Å². The van der Waals surface area contributed by atoms with Crippen molar-refractivity contribution >= 4 is 11.6 Å². The van der Waals surface area contributed by atoms with Crippen LogP contribution in [0.4, 0.5) is 0 Å². The van der Waals surface area contributed by atoms with Crippen LogP contribution in [-0.4, -0.2) is 23.1 Å². The van der Waals surface area contributed by atoms with Crippen LogP contribution >= 0.6 is 11.6 Å². The largest absolute Gasteiger partial charge is 0.356 e. The van der Waals surface area contributed by atoms with E-state index >= 15 is 0 Å². The molecule has 0 amide bonds. The minimum absolute atomic E-state index is 0.733. The molecule has 0 radical (unpaired) electrons. The highest BCUT2D eigenvalue weighted by Crippen LogP contribution is 2.23. The van der Waals surface area contributed by atoms with E-state index in [-0.39, 0.29) is 0 Å².